The summed E-state index contributed by atoms with van der Waals surface area (Å²) in [4.78, 5) is 33.6. The number of aromatic nitrogens is 6. The maximum Gasteiger partial charge on any atom is 0.269 e. The molecular weight excluding hydrogens is 408 g/mol. The lowest BCUT2D eigenvalue weighted by molar-refractivity contribution is 0.630. The summed E-state index contributed by atoms with van der Waals surface area (Å²) in [5, 5.41) is 3.27. The first kappa shape index (κ1) is 19.9. The van der Waals surface area contributed by atoms with E-state index in [0.29, 0.717) is 34.9 Å². The molecule has 3 heterocycles. The largest absolute Gasteiger partial charge is 0.358 e. The third-order valence-electron chi connectivity index (χ3n) is 5.22. The summed E-state index contributed by atoms with van der Waals surface area (Å²) in [6.07, 6.45) is 1.94. The van der Waals surface area contributed by atoms with Crippen molar-refractivity contribution in [2.75, 3.05) is 5.32 Å². The van der Waals surface area contributed by atoms with Gasteiger partial charge in [-0.05, 0) is 30.7 Å². The van der Waals surface area contributed by atoms with Gasteiger partial charge in [0.05, 0.1) is 23.0 Å². The number of fused-ring (bicyclic) bond motifs is 2. The molecule has 0 fully saturated rings. The summed E-state index contributed by atoms with van der Waals surface area (Å²) in [6, 6.07) is 13.0. The Kier molecular flexibility index (Phi) is 4.89. The molecule has 2 aromatic carbocycles. The number of hydrogen-bond donors (Lipinski definition) is 2. The first-order valence-electron chi connectivity index (χ1n) is 10.1. The average molecular weight is 425 g/mol. The third-order valence-corrected chi connectivity index (χ3v) is 5.22. The molecule has 1 atom stereocenters. The summed E-state index contributed by atoms with van der Waals surface area (Å²) in [5.41, 5.74) is 1.58. The van der Waals surface area contributed by atoms with Crippen LogP contribution in [0.1, 0.15) is 25.2 Å². The van der Waals surface area contributed by atoms with Gasteiger partial charge in [0.1, 0.15) is 28.9 Å². The molecule has 0 bridgehead atoms. The summed E-state index contributed by atoms with van der Waals surface area (Å²) in [7, 11) is 5.77. The molecule has 0 saturated heterocycles. The Morgan fingerprint density at radius 2 is 1.94 bits per heavy atom. The van der Waals surface area contributed by atoms with E-state index in [4.69, 9.17) is 12.8 Å². The van der Waals surface area contributed by atoms with Crippen molar-refractivity contribution in [2.24, 2.45) is 0 Å². The molecule has 3 aromatic heterocycles. The minimum Gasteiger partial charge on any atom is -0.358 e. The number of halogens is 1. The molecule has 0 aliphatic heterocycles. The summed E-state index contributed by atoms with van der Waals surface area (Å²) in [5.74, 6) is 0.294. The molecule has 0 unspecified atom stereocenters. The third kappa shape index (κ3) is 3.29. The molecule has 2 radical (unpaired) electrons. The van der Waals surface area contributed by atoms with Crippen LogP contribution < -0.4 is 16.6 Å². The number of nitrogens with one attached hydrogen (secondary N) is 2. The van der Waals surface area contributed by atoms with Gasteiger partial charge in [0, 0.05) is 0 Å². The van der Waals surface area contributed by atoms with Crippen LogP contribution in [-0.2, 0) is 0 Å². The maximum atomic E-state index is 14.6. The smallest absolute Gasteiger partial charge is 0.269 e. The highest BCUT2D eigenvalue weighted by Gasteiger charge is 2.23. The van der Waals surface area contributed by atoms with Crippen LogP contribution in [0.3, 0.4) is 0 Å². The average Bonchev–Trinajstić information content (AvgIpc) is 3.19. The van der Waals surface area contributed by atoms with E-state index in [0.717, 1.165) is 0 Å². The fourth-order valence-corrected chi connectivity index (χ4v) is 3.74. The number of H-pyrrole nitrogens is 1. The Hall–Kier alpha value is -4.08. The fraction of sp³-hybridized carbons (Fsp3) is 0.136. The van der Waals surface area contributed by atoms with E-state index in [9.17, 15) is 9.18 Å². The van der Waals surface area contributed by atoms with Crippen LogP contribution in [0.25, 0.3) is 27.8 Å². The molecule has 5 aromatic rings. The van der Waals surface area contributed by atoms with Gasteiger partial charge in [-0.25, -0.2) is 24.3 Å². The molecule has 10 heteroatoms. The molecule has 0 aliphatic rings. The second-order valence-electron chi connectivity index (χ2n) is 7.23. The molecule has 5 rings (SSSR count). The second kappa shape index (κ2) is 7.88. The maximum absolute atomic E-state index is 14.6. The van der Waals surface area contributed by atoms with Crippen LogP contribution in [-0.4, -0.2) is 37.3 Å². The Morgan fingerprint density at radius 1 is 1.12 bits per heavy atom. The SMILES string of the molecule is [B]c1nc2ncnc(N[C@@H](CC)c3nc4cccc(F)c4c(=O)n3-c3ccccc3)c2[nH]1. The molecule has 0 amide bonds. The van der Waals surface area contributed by atoms with E-state index in [2.05, 4.69) is 25.3 Å². The van der Waals surface area contributed by atoms with E-state index in [1.807, 2.05) is 25.1 Å². The molecule has 32 heavy (non-hydrogen) atoms. The lowest BCUT2D eigenvalue weighted by Crippen LogP contribution is -2.28. The number of anilines is 1. The second-order valence-corrected chi connectivity index (χ2v) is 7.23. The van der Waals surface area contributed by atoms with Gasteiger partial charge in [0.15, 0.2) is 19.3 Å². The highest BCUT2D eigenvalue weighted by Crippen LogP contribution is 2.26. The van der Waals surface area contributed by atoms with Crippen molar-refractivity contribution < 1.29 is 4.39 Å². The predicted octanol–water partition coefficient (Wildman–Crippen LogP) is 2.55. The van der Waals surface area contributed by atoms with Crippen molar-refractivity contribution >= 4 is 41.5 Å². The Balaban J connectivity index is 1.73. The molecule has 8 nitrogen and oxygen atoms in total. The first-order chi connectivity index (χ1) is 15.6. The zero-order chi connectivity index (χ0) is 22.2. The van der Waals surface area contributed by atoms with E-state index >= 15 is 0 Å². The monoisotopic (exact) mass is 425 g/mol. The highest BCUT2D eigenvalue weighted by atomic mass is 19.1. The molecule has 2 N–H and O–H groups in total. The van der Waals surface area contributed by atoms with Crippen molar-refractivity contribution in [1.29, 1.82) is 0 Å². The first-order valence-corrected chi connectivity index (χ1v) is 10.1. The van der Waals surface area contributed by atoms with Crippen molar-refractivity contribution in [3.8, 4) is 5.69 Å². The van der Waals surface area contributed by atoms with Gasteiger partial charge < -0.3 is 10.3 Å². The summed E-state index contributed by atoms with van der Waals surface area (Å²) in [6.45, 7) is 1.95. The number of rotatable bonds is 5. The lowest BCUT2D eigenvalue weighted by Gasteiger charge is -2.22. The number of nitrogens with zero attached hydrogens (tertiary/aromatic N) is 5. The van der Waals surface area contributed by atoms with Gasteiger partial charge in [0.2, 0.25) is 0 Å². The van der Waals surface area contributed by atoms with Crippen LogP contribution >= 0.6 is 0 Å². The number of hydrogen-bond acceptors (Lipinski definition) is 6. The standard InChI is InChI=1S/C22H17BFN7O/c1-2-14(27-18-17-19(26-11-25-18)30-22(23)29-17)20-28-15-10-6-9-13(24)16(15)21(32)31(20)12-7-4-3-5-8-12/h3-11,14H,2H2,1H3,(H2,25,26,27,29,30)/t14-/m0/s1. The van der Waals surface area contributed by atoms with Crippen LogP contribution in [0.5, 0.6) is 0 Å². The van der Waals surface area contributed by atoms with Crippen molar-refractivity contribution in [3.63, 3.8) is 0 Å². The number of para-hydroxylation sites is 1. The summed E-state index contributed by atoms with van der Waals surface area (Å²) >= 11 is 0. The lowest BCUT2D eigenvalue weighted by atomic mass is 10.1. The minimum absolute atomic E-state index is 0.0549. The van der Waals surface area contributed by atoms with Crippen LogP contribution in [0.4, 0.5) is 10.2 Å². The quantitative estimate of drug-likeness (QED) is 0.420. The van der Waals surface area contributed by atoms with Crippen molar-refractivity contribution in [1.82, 2.24) is 29.5 Å². The molecule has 156 valence electrons. The molecule has 0 spiro atoms. The van der Waals surface area contributed by atoms with Gasteiger partial charge in [-0.2, -0.15) is 0 Å². The Morgan fingerprint density at radius 3 is 2.72 bits per heavy atom. The molecule has 0 aliphatic carbocycles. The normalized spacial score (nSPS) is 12.3. The van der Waals surface area contributed by atoms with E-state index in [1.165, 1.54) is 23.0 Å². The van der Waals surface area contributed by atoms with E-state index in [-0.39, 0.29) is 16.6 Å². The highest BCUT2D eigenvalue weighted by molar-refractivity contribution is 6.30. The number of aromatic amines is 1. The van der Waals surface area contributed by atoms with Crippen LogP contribution in [0.15, 0.2) is 59.7 Å². The summed E-state index contributed by atoms with van der Waals surface area (Å²) < 4.78 is 16.0. The van der Waals surface area contributed by atoms with Gasteiger partial charge in [-0.3, -0.25) is 9.36 Å². The van der Waals surface area contributed by atoms with Crippen molar-refractivity contribution in [3.05, 3.63) is 76.9 Å². The zero-order valence-electron chi connectivity index (χ0n) is 17.1. The topological polar surface area (TPSA) is 101 Å². The van der Waals surface area contributed by atoms with Gasteiger partial charge in [-0.1, -0.05) is 31.2 Å². The van der Waals surface area contributed by atoms with Crippen LogP contribution in [0, 0.1) is 5.82 Å². The minimum atomic E-state index is -0.609. The Labute approximate surface area is 183 Å². The van der Waals surface area contributed by atoms with E-state index < -0.39 is 17.4 Å². The van der Waals surface area contributed by atoms with Gasteiger partial charge >= 0.3 is 0 Å². The van der Waals surface area contributed by atoms with Crippen LogP contribution in [0.2, 0.25) is 0 Å². The van der Waals surface area contributed by atoms with E-state index in [1.54, 1.807) is 18.2 Å². The van der Waals surface area contributed by atoms with Gasteiger partial charge in [-0.15, -0.1) is 0 Å². The molecular formula is C22H17BFN7O. The molecule has 0 saturated carbocycles. The Bertz CT molecular complexity index is 1500. The van der Waals surface area contributed by atoms with Gasteiger partial charge in [0.25, 0.3) is 5.56 Å². The fourth-order valence-electron chi connectivity index (χ4n) is 3.74. The number of benzene rings is 2. The zero-order valence-corrected chi connectivity index (χ0v) is 17.1. The predicted molar refractivity (Wildman–Crippen MR) is 121 cm³/mol. The van der Waals surface area contributed by atoms with Crippen molar-refractivity contribution in [2.45, 2.75) is 19.4 Å². The number of imidazole rings is 1.